The number of hydrogen-bond donors (Lipinski definition) is 0. The third-order valence-electron chi connectivity index (χ3n) is 10.2. The summed E-state index contributed by atoms with van der Waals surface area (Å²) >= 11 is 0. The molecule has 2 rings (SSSR count). The van der Waals surface area contributed by atoms with Crippen LogP contribution in [-0.4, -0.2) is 0 Å². The van der Waals surface area contributed by atoms with E-state index < -0.39 is 0 Å². The molecule has 0 aromatic rings. The van der Waals surface area contributed by atoms with Crippen LogP contribution in [0.1, 0.15) is 82.1 Å². The normalized spacial score (nSPS) is 56.2. The van der Waals surface area contributed by atoms with Gasteiger partial charge in [0.2, 0.25) is 0 Å². The van der Waals surface area contributed by atoms with Gasteiger partial charge in [-0.05, 0) is 83.9 Å². The Balaban J connectivity index is 2.06. The van der Waals surface area contributed by atoms with Crippen molar-refractivity contribution >= 4 is 0 Å². The molecule has 2 fully saturated rings. The lowest BCUT2D eigenvalue weighted by atomic mass is 9.55. The highest BCUT2D eigenvalue weighted by molar-refractivity contribution is 4.92. The topological polar surface area (TPSA) is 0 Å². The minimum atomic E-state index is 0.889. The molecule has 0 spiro atoms. The Morgan fingerprint density at radius 1 is 0.292 bits per heavy atom. The predicted molar refractivity (Wildman–Crippen MR) is 108 cm³/mol. The van der Waals surface area contributed by atoms with Crippen molar-refractivity contribution in [3.05, 3.63) is 0 Å². The highest BCUT2D eigenvalue weighted by atomic mass is 14.5. The van der Waals surface area contributed by atoms with Crippen LogP contribution in [0, 0.1) is 71.0 Å². The van der Waals surface area contributed by atoms with Crippen LogP contribution < -0.4 is 0 Å². The first kappa shape index (κ1) is 20.3. The van der Waals surface area contributed by atoms with Gasteiger partial charge in [0.15, 0.2) is 0 Å². The van der Waals surface area contributed by atoms with Crippen molar-refractivity contribution < 1.29 is 0 Å². The van der Waals surface area contributed by atoms with Crippen LogP contribution in [0.3, 0.4) is 0 Å². The van der Waals surface area contributed by atoms with E-state index in [9.17, 15) is 0 Å². The summed E-state index contributed by atoms with van der Waals surface area (Å²) in [5.74, 6) is 10.8. The van der Waals surface area contributed by atoms with Crippen molar-refractivity contribution in [3.63, 3.8) is 0 Å². The van der Waals surface area contributed by atoms with E-state index in [4.69, 9.17) is 0 Å². The Morgan fingerprint density at radius 2 is 0.458 bits per heavy atom. The van der Waals surface area contributed by atoms with E-state index in [1.54, 1.807) is 0 Å². The Hall–Kier alpha value is 0. The van der Waals surface area contributed by atoms with Crippen LogP contribution >= 0.6 is 0 Å². The Labute approximate surface area is 153 Å². The van der Waals surface area contributed by atoms with Gasteiger partial charge in [0.25, 0.3) is 0 Å². The summed E-state index contributed by atoms with van der Waals surface area (Å²) in [5, 5.41) is 0. The van der Waals surface area contributed by atoms with Crippen molar-refractivity contribution in [2.75, 3.05) is 0 Å². The fourth-order valence-electron chi connectivity index (χ4n) is 6.83. The number of rotatable bonds is 3. The maximum atomic E-state index is 2.55. The first-order valence-corrected chi connectivity index (χ1v) is 11.1. The molecule has 0 saturated heterocycles. The molecule has 0 aliphatic heterocycles. The number of hydrogen-bond acceptors (Lipinski definition) is 0. The van der Waals surface area contributed by atoms with Gasteiger partial charge in [0.05, 0.1) is 0 Å². The van der Waals surface area contributed by atoms with Gasteiger partial charge < -0.3 is 0 Å². The summed E-state index contributed by atoms with van der Waals surface area (Å²) in [6, 6.07) is 0. The zero-order chi connectivity index (χ0) is 18.3. The minimum absolute atomic E-state index is 0.889. The summed E-state index contributed by atoms with van der Waals surface area (Å²) in [6.45, 7) is 25.3. The van der Waals surface area contributed by atoms with Crippen LogP contribution in [0.25, 0.3) is 0 Å². The average molecular weight is 335 g/mol. The van der Waals surface area contributed by atoms with Crippen molar-refractivity contribution in [2.45, 2.75) is 82.1 Å². The van der Waals surface area contributed by atoms with Crippen LogP contribution in [0.2, 0.25) is 0 Å². The molecule has 0 aromatic heterocycles. The van der Waals surface area contributed by atoms with E-state index in [0.29, 0.717) is 0 Å². The summed E-state index contributed by atoms with van der Waals surface area (Å²) < 4.78 is 0. The molecule has 2 saturated carbocycles. The molecule has 0 heteroatoms. The largest absolute Gasteiger partial charge is 0.0620 e. The second-order valence-electron chi connectivity index (χ2n) is 10.5. The molecule has 2 aliphatic rings. The zero-order valence-corrected chi connectivity index (χ0v) is 18.3. The SMILES string of the molecule is CC1C(C)C(C)C(CCC2C(C)C(C)C(C)C(C)C2C)C(C)C1C. The lowest BCUT2D eigenvalue weighted by Crippen LogP contribution is -2.43. The Bertz CT molecular complexity index is 329. The van der Waals surface area contributed by atoms with Crippen LogP contribution in [0.4, 0.5) is 0 Å². The molecule has 0 N–H and O–H groups in total. The molecule has 8 atom stereocenters. The van der Waals surface area contributed by atoms with Gasteiger partial charge in [-0.2, -0.15) is 0 Å². The first-order chi connectivity index (χ1) is 11.1. The minimum Gasteiger partial charge on any atom is -0.0620 e. The lowest BCUT2D eigenvalue weighted by molar-refractivity contribution is -0.0126. The molecule has 24 heavy (non-hydrogen) atoms. The summed E-state index contributed by atoms with van der Waals surface area (Å²) in [4.78, 5) is 0. The van der Waals surface area contributed by atoms with Crippen molar-refractivity contribution in [1.82, 2.24) is 0 Å². The van der Waals surface area contributed by atoms with Crippen molar-refractivity contribution in [1.29, 1.82) is 0 Å². The molecule has 0 aromatic carbocycles. The second-order valence-corrected chi connectivity index (χ2v) is 10.5. The molecule has 0 amide bonds. The molecule has 0 heterocycles. The third-order valence-corrected chi connectivity index (χ3v) is 10.2. The Morgan fingerprint density at radius 3 is 0.667 bits per heavy atom. The summed E-state index contributed by atoms with van der Waals surface area (Å²) in [5.41, 5.74) is 0. The molecule has 142 valence electrons. The quantitative estimate of drug-likeness (QED) is 0.505. The van der Waals surface area contributed by atoms with E-state index >= 15 is 0 Å². The first-order valence-electron chi connectivity index (χ1n) is 11.1. The zero-order valence-electron chi connectivity index (χ0n) is 18.3. The molecule has 0 bridgehead atoms. The second kappa shape index (κ2) is 7.71. The average Bonchev–Trinajstić information content (AvgIpc) is 2.57. The standard InChI is InChI=1S/C24H46/c1-13-15(3)19(7)23(20(8)16(13)4)11-12-24-21(9)17(5)14(2)18(6)22(24)10/h13-24H,11-12H2,1-10H3. The van der Waals surface area contributed by atoms with Gasteiger partial charge in [0, 0.05) is 0 Å². The lowest BCUT2D eigenvalue weighted by Gasteiger charge is -2.50. The summed E-state index contributed by atoms with van der Waals surface area (Å²) in [6.07, 6.45) is 2.94. The summed E-state index contributed by atoms with van der Waals surface area (Å²) in [7, 11) is 0. The van der Waals surface area contributed by atoms with Gasteiger partial charge in [-0.3, -0.25) is 0 Å². The van der Waals surface area contributed by atoms with Crippen molar-refractivity contribution in [2.24, 2.45) is 71.0 Å². The molecule has 8 unspecified atom stereocenters. The molecule has 2 aliphatic carbocycles. The van der Waals surface area contributed by atoms with Gasteiger partial charge in [-0.15, -0.1) is 0 Å². The van der Waals surface area contributed by atoms with Crippen LogP contribution in [0.15, 0.2) is 0 Å². The maximum Gasteiger partial charge on any atom is -0.0357 e. The van der Waals surface area contributed by atoms with E-state index in [-0.39, 0.29) is 0 Å². The van der Waals surface area contributed by atoms with E-state index in [1.807, 2.05) is 0 Å². The van der Waals surface area contributed by atoms with Crippen LogP contribution in [0.5, 0.6) is 0 Å². The fraction of sp³-hybridized carbons (Fsp3) is 1.00. The van der Waals surface area contributed by atoms with Gasteiger partial charge >= 0.3 is 0 Å². The van der Waals surface area contributed by atoms with E-state index in [0.717, 1.165) is 71.0 Å². The van der Waals surface area contributed by atoms with Gasteiger partial charge in [0.1, 0.15) is 0 Å². The molecule has 0 nitrogen and oxygen atoms in total. The molecule has 0 radical (unpaired) electrons. The van der Waals surface area contributed by atoms with E-state index in [2.05, 4.69) is 69.2 Å². The van der Waals surface area contributed by atoms with E-state index in [1.165, 1.54) is 12.8 Å². The predicted octanol–water partition coefficient (Wildman–Crippen LogP) is 7.39. The van der Waals surface area contributed by atoms with Crippen molar-refractivity contribution in [3.8, 4) is 0 Å². The Kier molecular flexibility index (Phi) is 6.53. The smallest absolute Gasteiger partial charge is 0.0357 e. The monoisotopic (exact) mass is 334 g/mol. The highest BCUT2D eigenvalue weighted by Crippen LogP contribution is 2.51. The molecular formula is C24H46. The van der Waals surface area contributed by atoms with Gasteiger partial charge in [-0.1, -0.05) is 69.2 Å². The van der Waals surface area contributed by atoms with Gasteiger partial charge in [-0.25, -0.2) is 0 Å². The third kappa shape index (κ3) is 3.45. The maximum absolute atomic E-state index is 2.55. The van der Waals surface area contributed by atoms with Crippen LogP contribution in [-0.2, 0) is 0 Å². The fourth-order valence-corrected chi connectivity index (χ4v) is 6.83. The molecular weight excluding hydrogens is 288 g/mol. The highest BCUT2D eigenvalue weighted by Gasteiger charge is 2.44.